The van der Waals surface area contributed by atoms with Crippen LogP contribution in [0.2, 0.25) is 0 Å². The molecule has 2 heterocycles. The molecule has 0 saturated heterocycles. The minimum atomic E-state index is -0.250. The van der Waals surface area contributed by atoms with Crippen LogP contribution in [0.3, 0.4) is 0 Å². The minimum Gasteiger partial charge on any atom is -0.483 e. The van der Waals surface area contributed by atoms with E-state index in [-0.39, 0.29) is 12.6 Å². The number of thiophene rings is 1. The monoisotopic (exact) mass is 294 g/mol. The number of rotatable bonds is 2. The molecule has 20 heavy (non-hydrogen) atoms. The van der Waals surface area contributed by atoms with E-state index in [1.807, 2.05) is 12.4 Å². The third-order valence-electron chi connectivity index (χ3n) is 3.50. The Labute approximate surface area is 121 Å². The standard InChI is InChI=1S/C13H16N2OS.CH2O2/c1-9-4-7-17-12(9)13-14-5-6-15(13)10-2-3-11(16)8-10;2-1-3/h4-7,10-11,16H,2-3,8H2,1H3;1H,(H,2,3)/t10-,11+;/m1./s1. The maximum absolute atomic E-state index is 9.64. The van der Waals surface area contributed by atoms with Gasteiger partial charge in [0.1, 0.15) is 0 Å². The van der Waals surface area contributed by atoms with Gasteiger partial charge in [-0.2, -0.15) is 0 Å². The molecule has 1 aliphatic rings. The van der Waals surface area contributed by atoms with Crippen LogP contribution in [-0.4, -0.2) is 32.3 Å². The predicted octanol–water partition coefficient (Wildman–Crippen LogP) is 2.71. The van der Waals surface area contributed by atoms with Gasteiger partial charge in [-0.25, -0.2) is 4.98 Å². The molecule has 3 rings (SSSR count). The number of carbonyl (C=O) groups is 1. The molecule has 0 radical (unpaired) electrons. The molecule has 2 aromatic rings. The maximum atomic E-state index is 9.64. The maximum Gasteiger partial charge on any atom is 0.290 e. The Kier molecular flexibility index (Phi) is 4.92. The lowest BCUT2D eigenvalue weighted by Crippen LogP contribution is -2.07. The Morgan fingerprint density at radius 3 is 2.80 bits per heavy atom. The second-order valence-electron chi connectivity index (χ2n) is 4.82. The predicted molar refractivity (Wildman–Crippen MR) is 77.9 cm³/mol. The number of carboxylic acid groups (broad SMARTS) is 1. The minimum absolute atomic E-state index is 0.139. The van der Waals surface area contributed by atoms with Crippen molar-refractivity contribution in [1.29, 1.82) is 0 Å². The number of hydrogen-bond donors (Lipinski definition) is 2. The third kappa shape index (κ3) is 3.08. The second-order valence-corrected chi connectivity index (χ2v) is 5.73. The van der Waals surface area contributed by atoms with Crippen molar-refractivity contribution in [2.24, 2.45) is 0 Å². The van der Waals surface area contributed by atoms with Crippen molar-refractivity contribution < 1.29 is 15.0 Å². The number of nitrogens with zero attached hydrogens (tertiary/aromatic N) is 2. The quantitative estimate of drug-likeness (QED) is 0.835. The summed E-state index contributed by atoms with van der Waals surface area (Å²) in [4.78, 5) is 14.1. The molecule has 2 aromatic heterocycles. The van der Waals surface area contributed by atoms with Crippen LogP contribution in [0.5, 0.6) is 0 Å². The Balaban J connectivity index is 0.000000452. The van der Waals surface area contributed by atoms with Gasteiger partial charge in [-0.3, -0.25) is 4.79 Å². The summed E-state index contributed by atoms with van der Waals surface area (Å²) in [6.07, 6.45) is 6.57. The van der Waals surface area contributed by atoms with Crippen molar-refractivity contribution in [1.82, 2.24) is 9.55 Å². The molecule has 0 aromatic carbocycles. The summed E-state index contributed by atoms with van der Waals surface area (Å²) in [6.45, 7) is 1.87. The summed E-state index contributed by atoms with van der Waals surface area (Å²) in [5.74, 6) is 1.05. The summed E-state index contributed by atoms with van der Waals surface area (Å²) < 4.78 is 2.23. The highest BCUT2D eigenvalue weighted by molar-refractivity contribution is 7.13. The number of aliphatic hydroxyl groups excluding tert-OH is 1. The van der Waals surface area contributed by atoms with Gasteiger partial charge < -0.3 is 14.8 Å². The molecule has 0 amide bonds. The van der Waals surface area contributed by atoms with E-state index in [2.05, 4.69) is 27.9 Å². The molecule has 5 nitrogen and oxygen atoms in total. The molecule has 1 saturated carbocycles. The summed E-state index contributed by atoms with van der Waals surface area (Å²) in [7, 11) is 0. The highest BCUT2D eigenvalue weighted by Crippen LogP contribution is 2.35. The lowest BCUT2D eigenvalue weighted by molar-refractivity contribution is -0.122. The van der Waals surface area contributed by atoms with Crippen molar-refractivity contribution in [3.63, 3.8) is 0 Å². The molecule has 6 heteroatoms. The van der Waals surface area contributed by atoms with E-state index >= 15 is 0 Å². The normalized spacial score (nSPS) is 21.3. The highest BCUT2D eigenvalue weighted by Gasteiger charge is 2.26. The molecule has 2 N–H and O–H groups in total. The lowest BCUT2D eigenvalue weighted by atomic mass is 10.2. The van der Waals surface area contributed by atoms with Crippen LogP contribution in [0.1, 0.15) is 30.9 Å². The molecule has 1 fully saturated rings. The van der Waals surface area contributed by atoms with Gasteiger partial charge >= 0.3 is 0 Å². The van der Waals surface area contributed by atoms with Gasteiger partial charge in [0.05, 0.1) is 11.0 Å². The molecule has 108 valence electrons. The van der Waals surface area contributed by atoms with Gasteiger partial charge in [-0.05, 0) is 43.2 Å². The number of aromatic nitrogens is 2. The van der Waals surface area contributed by atoms with Crippen LogP contribution >= 0.6 is 11.3 Å². The zero-order valence-electron chi connectivity index (χ0n) is 11.3. The van der Waals surface area contributed by atoms with Crippen molar-refractivity contribution in [3.05, 3.63) is 29.4 Å². The van der Waals surface area contributed by atoms with Crippen molar-refractivity contribution in [2.75, 3.05) is 0 Å². The number of hydrogen-bond acceptors (Lipinski definition) is 4. The average molecular weight is 294 g/mol. The van der Waals surface area contributed by atoms with E-state index in [9.17, 15) is 5.11 Å². The Bertz CT molecular complexity index is 564. The van der Waals surface area contributed by atoms with Crippen LogP contribution in [0.25, 0.3) is 10.7 Å². The van der Waals surface area contributed by atoms with Gasteiger partial charge in [0.15, 0.2) is 5.82 Å². The van der Waals surface area contributed by atoms with Gasteiger partial charge in [-0.15, -0.1) is 11.3 Å². The lowest BCUT2D eigenvalue weighted by Gasteiger charge is -2.14. The number of aliphatic hydroxyl groups is 1. The van der Waals surface area contributed by atoms with Gasteiger partial charge in [0.2, 0.25) is 0 Å². The summed E-state index contributed by atoms with van der Waals surface area (Å²) in [5.41, 5.74) is 1.28. The number of imidazole rings is 1. The van der Waals surface area contributed by atoms with Gasteiger partial charge in [-0.1, -0.05) is 0 Å². The van der Waals surface area contributed by atoms with Crippen LogP contribution in [-0.2, 0) is 4.79 Å². The molecule has 0 spiro atoms. The Morgan fingerprint density at radius 1 is 1.50 bits per heavy atom. The molecule has 0 aliphatic heterocycles. The largest absolute Gasteiger partial charge is 0.483 e. The third-order valence-corrected chi connectivity index (χ3v) is 4.52. The smallest absolute Gasteiger partial charge is 0.290 e. The van der Waals surface area contributed by atoms with E-state index in [4.69, 9.17) is 9.90 Å². The Hall–Kier alpha value is -1.66. The molecule has 0 unspecified atom stereocenters. The molecule has 0 bridgehead atoms. The van der Waals surface area contributed by atoms with Crippen LogP contribution in [0, 0.1) is 6.92 Å². The molecule has 1 aliphatic carbocycles. The fourth-order valence-corrected chi connectivity index (χ4v) is 3.50. The first kappa shape index (κ1) is 14.7. The molecule has 2 atom stereocenters. The topological polar surface area (TPSA) is 75.3 Å². The first-order chi connectivity index (χ1) is 9.67. The number of aryl methyl sites for hydroxylation is 1. The summed E-state index contributed by atoms with van der Waals surface area (Å²) >= 11 is 1.74. The average Bonchev–Trinajstić information content (AvgIpc) is 3.09. The fraction of sp³-hybridized carbons (Fsp3) is 0.429. The zero-order chi connectivity index (χ0) is 14.5. The van der Waals surface area contributed by atoms with Crippen LogP contribution in [0.15, 0.2) is 23.8 Å². The van der Waals surface area contributed by atoms with Gasteiger partial charge in [0.25, 0.3) is 6.47 Å². The fourth-order valence-electron chi connectivity index (χ4n) is 2.57. The highest BCUT2D eigenvalue weighted by atomic mass is 32.1. The van der Waals surface area contributed by atoms with Crippen molar-refractivity contribution in [3.8, 4) is 10.7 Å². The zero-order valence-corrected chi connectivity index (χ0v) is 12.1. The Morgan fingerprint density at radius 2 is 2.25 bits per heavy atom. The SMILES string of the molecule is Cc1ccsc1-c1nccn1[C@@H]1CC[C@H](O)C1.O=CO. The van der Waals surface area contributed by atoms with E-state index in [1.54, 1.807) is 11.3 Å². The second kappa shape index (κ2) is 6.67. The van der Waals surface area contributed by atoms with Crippen molar-refractivity contribution >= 4 is 17.8 Å². The van der Waals surface area contributed by atoms with E-state index in [1.165, 1.54) is 10.4 Å². The molecular formula is C14H18N2O3S. The van der Waals surface area contributed by atoms with Gasteiger partial charge in [0, 0.05) is 18.4 Å². The van der Waals surface area contributed by atoms with E-state index in [0.29, 0.717) is 6.04 Å². The van der Waals surface area contributed by atoms with E-state index in [0.717, 1.165) is 25.1 Å². The first-order valence-corrected chi connectivity index (χ1v) is 7.38. The first-order valence-electron chi connectivity index (χ1n) is 6.50. The van der Waals surface area contributed by atoms with Crippen LogP contribution in [0.4, 0.5) is 0 Å². The molecular weight excluding hydrogens is 276 g/mol. The van der Waals surface area contributed by atoms with Crippen molar-refractivity contribution in [2.45, 2.75) is 38.3 Å². The van der Waals surface area contributed by atoms with Crippen LogP contribution < -0.4 is 0 Å². The van der Waals surface area contributed by atoms with E-state index < -0.39 is 0 Å². The summed E-state index contributed by atoms with van der Waals surface area (Å²) in [6, 6.07) is 2.53. The summed E-state index contributed by atoms with van der Waals surface area (Å²) in [5, 5.41) is 18.6.